The lowest BCUT2D eigenvalue weighted by Gasteiger charge is -2.20. The number of hydrogen-bond donors (Lipinski definition) is 3. The molecule has 0 heterocycles. The molecule has 0 aliphatic rings. The summed E-state index contributed by atoms with van der Waals surface area (Å²) in [6.07, 6.45) is 33.7. The van der Waals surface area contributed by atoms with Crippen molar-refractivity contribution in [1.29, 1.82) is 0 Å². The standard InChI is InChI=1S/C36H65O9P/c1-3-5-7-9-11-13-15-17-18-20-22-24-26-28-36(39)45-35(33-44-46(40,41)43-31-34(38)30-37)32-42-29-27-25-23-21-19-16-14-12-10-8-6-4-2/h5,7,11,13,17-18,22,24,34-35,37-38H,3-4,6,8-10,12,14-16,19-21,23,25-33H2,1-2H3,(H,40,41)/b7-5-,13-11-,18-17-,24-22-. The maximum Gasteiger partial charge on any atom is 0.472 e. The summed E-state index contributed by atoms with van der Waals surface area (Å²) < 4.78 is 33.0. The average Bonchev–Trinajstić information content (AvgIpc) is 3.04. The fourth-order valence-corrected chi connectivity index (χ4v) is 5.16. The van der Waals surface area contributed by atoms with Gasteiger partial charge in [0.2, 0.25) is 0 Å². The van der Waals surface area contributed by atoms with E-state index in [2.05, 4.69) is 50.3 Å². The third-order valence-electron chi connectivity index (χ3n) is 7.04. The zero-order valence-corrected chi connectivity index (χ0v) is 29.7. The Kier molecular flexibility index (Phi) is 32.2. The van der Waals surface area contributed by atoms with Crippen molar-refractivity contribution in [3.8, 4) is 0 Å². The van der Waals surface area contributed by atoms with E-state index in [4.69, 9.17) is 23.6 Å². The van der Waals surface area contributed by atoms with Gasteiger partial charge in [-0.3, -0.25) is 13.8 Å². The van der Waals surface area contributed by atoms with Crippen LogP contribution < -0.4 is 0 Å². The highest BCUT2D eigenvalue weighted by Crippen LogP contribution is 2.43. The third kappa shape index (κ3) is 32.4. The third-order valence-corrected chi connectivity index (χ3v) is 7.99. The van der Waals surface area contributed by atoms with E-state index < -0.39 is 45.8 Å². The van der Waals surface area contributed by atoms with Crippen LogP contribution in [0.1, 0.15) is 129 Å². The van der Waals surface area contributed by atoms with Crippen molar-refractivity contribution in [1.82, 2.24) is 0 Å². The van der Waals surface area contributed by atoms with Gasteiger partial charge < -0.3 is 24.6 Å². The average molecular weight is 673 g/mol. The summed E-state index contributed by atoms with van der Waals surface area (Å²) in [5, 5.41) is 18.2. The van der Waals surface area contributed by atoms with Gasteiger partial charge in [-0.1, -0.05) is 133 Å². The molecule has 0 aliphatic heterocycles. The zero-order chi connectivity index (χ0) is 34.0. The van der Waals surface area contributed by atoms with Crippen LogP contribution in [0.15, 0.2) is 48.6 Å². The minimum Gasteiger partial charge on any atom is -0.457 e. The Hall–Kier alpha value is -1.58. The molecule has 10 heteroatoms. The predicted molar refractivity (Wildman–Crippen MR) is 187 cm³/mol. The highest BCUT2D eigenvalue weighted by Gasteiger charge is 2.26. The number of phosphoric ester groups is 1. The van der Waals surface area contributed by atoms with E-state index in [-0.39, 0.29) is 13.0 Å². The summed E-state index contributed by atoms with van der Waals surface area (Å²) in [4.78, 5) is 22.4. The number of aliphatic hydroxyl groups excluding tert-OH is 2. The molecule has 0 spiro atoms. The second-order valence-electron chi connectivity index (χ2n) is 11.5. The lowest BCUT2D eigenvalue weighted by molar-refractivity contribution is -0.154. The predicted octanol–water partition coefficient (Wildman–Crippen LogP) is 8.69. The SMILES string of the molecule is CC/C=C\C/C=C\C/C=C\C/C=C\CCC(=O)OC(COCCCCCCCCCCCCCC)COP(=O)(O)OCC(O)CO. The number of carbonyl (C=O) groups excluding carboxylic acids is 1. The van der Waals surface area contributed by atoms with E-state index in [1.165, 1.54) is 57.8 Å². The van der Waals surface area contributed by atoms with Gasteiger partial charge in [-0.05, 0) is 38.5 Å². The van der Waals surface area contributed by atoms with Crippen molar-refractivity contribution < 1.29 is 43.0 Å². The van der Waals surface area contributed by atoms with Crippen molar-refractivity contribution in [2.75, 3.05) is 33.0 Å². The van der Waals surface area contributed by atoms with Gasteiger partial charge in [0.25, 0.3) is 0 Å². The van der Waals surface area contributed by atoms with E-state index in [9.17, 15) is 19.4 Å². The van der Waals surface area contributed by atoms with Gasteiger partial charge >= 0.3 is 13.8 Å². The molecule has 0 aliphatic carbocycles. The van der Waals surface area contributed by atoms with E-state index in [0.717, 1.165) is 44.9 Å². The number of unbranched alkanes of at least 4 members (excludes halogenated alkanes) is 11. The highest BCUT2D eigenvalue weighted by molar-refractivity contribution is 7.47. The van der Waals surface area contributed by atoms with Gasteiger partial charge in [0.05, 0.1) is 26.4 Å². The van der Waals surface area contributed by atoms with Crippen molar-refractivity contribution in [2.24, 2.45) is 0 Å². The van der Waals surface area contributed by atoms with Crippen LogP contribution in [0.5, 0.6) is 0 Å². The van der Waals surface area contributed by atoms with Crippen LogP contribution in [-0.2, 0) is 27.9 Å². The molecule has 0 rings (SSSR count). The monoisotopic (exact) mass is 672 g/mol. The van der Waals surface area contributed by atoms with E-state index >= 15 is 0 Å². The van der Waals surface area contributed by atoms with E-state index in [0.29, 0.717) is 13.0 Å². The highest BCUT2D eigenvalue weighted by atomic mass is 31.2. The Morgan fingerprint density at radius 3 is 1.74 bits per heavy atom. The first-order valence-corrected chi connectivity index (χ1v) is 19.1. The Morgan fingerprint density at radius 1 is 0.696 bits per heavy atom. The zero-order valence-electron chi connectivity index (χ0n) is 28.8. The van der Waals surface area contributed by atoms with E-state index in [1.807, 2.05) is 12.2 Å². The van der Waals surface area contributed by atoms with Crippen LogP contribution in [0.2, 0.25) is 0 Å². The summed E-state index contributed by atoms with van der Waals surface area (Å²) in [7, 11) is -4.52. The topological polar surface area (TPSA) is 132 Å². The second-order valence-corrected chi connectivity index (χ2v) is 13.0. The quantitative estimate of drug-likeness (QED) is 0.0271. The normalized spacial score (nSPS) is 15.0. The molecule has 0 aromatic rings. The number of allylic oxidation sites excluding steroid dienone is 8. The molecule has 268 valence electrons. The molecule has 0 radical (unpaired) electrons. The molecule has 0 bridgehead atoms. The molecular weight excluding hydrogens is 607 g/mol. The number of phosphoric acid groups is 1. The summed E-state index contributed by atoms with van der Waals surface area (Å²) in [5.41, 5.74) is 0. The molecule has 3 N–H and O–H groups in total. The molecule has 3 atom stereocenters. The maximum atomic E-state index is 12.5. The lowest BCUT2D eigenvalue weighted by atomic mass is 10.1. The van der Waals surface area contributed by atoms with Gasteiger partial charge in [-0.15, -0.1) is 0 Å². The molecule has 0 amide bonds. The van der Waals surface area contributed by atoms with Crippen LogP contribution in [0.3, 0.4) is 0 Å². The molecule has 0 saturated carbocycles. The summed E-state index contributed by atoms with van der Waals surface area (Å²) in [6.45, 7) is 3.28. The number of esters is 1. The second kappa shape index (κ2) is 33.3. The smallest absolute Gasteiger partial charge is 0.457 e. The maximum absolute atomic E-state index is 12.5. The van der Waals surface area contributed by atoms with Crippen LogP contribution in [0.25, 0.3) is 0 Å². The van der Waals surface area contributed by atoms with Gasteiger partial charge in [-0.25, -0.2) is 4.57 Å². The van der Waals surface area contributed by atoms with Crippen molar-refractivity contribution in [2.45, 2.75) is 142 Å². The first kappa shape index (κ1) is 44.4. The molecular formula is C36H65O9P. The van der Waals surface area contributed by atoms with Crippen LogP contribution >= 0.6 is 7.82 Å². The number of aliphatic hydroxyl groups is 2. The Morgan fingerprint density at radius 2 is 1.20 bits per heavy atom. The Balaban J connectivity index is 4.40. The van der Waals surface area contributed by atoms with E-state index in [1.54, 1.807) is 0 Å². The molecule has 46 heavy (non-hydrogen) atoms. The van der Waals surface area contributed by atoms with Crippen LogP contribution in [-0.4, -0.2) is 66.3 Å². The van der Waals surface area contributed by atoms with Gasteiger partial charge in [0.15, 0.2) is 0 Å². The fraction of sp³-hybridized carbons (Fsp3) is 0.750. The summed E-state index contributed by atoms with van der Waals surface area (Å²) in [5.74, 6) is -0.464. The van der Waals surface area contributed by atoms with Crippen molar-refractivity contribution in [3.05, 3.63) is 48.6 Å². The number of hydrogen-bond acceptors (Lipinski definition) is 8. The molecule has 0 saturated heterocycles. The van der Waals surface area contributed by atoms with Crippen LogP contribution in [0.4, 0.5) is 0 Å². The van der Waals surface area contributed by atoms with Crippen molar-refractivity contribution >= 4 is 13.8 Å². The summed E-state index contributed by atoms with van der Waals surface area (Å²) >= 11 is 0. The number of ether oxygens (including phenoxy) is 2. The Labute approximate surface area is 279 Å². The summed E-state index contributed by atoms with van der Waals surface area (Å²) in [6, 6.07) is 0. The Bertz CT molecular complexity index is 856. The van der Waals surface area contributed by atoms with Crippen molar-refractivity contribution in [3.63, 3.8) is 0 Å². The first-order chi connectivity index (χ1) is 22.3. The fourth-order valence-electron chi connectivity index (χ4n) is 4.37. The minimum absolute atomic E-state index is 0.0208. The first-order valence-electron chi connectivity index (χ1n) is 17.6. The van der Waals surface area contributed by atoms with Gasteiger partial charge in [0, 0.05) is 13.0 Å². The van der Waals surface area contributed by atoms with Crippen LogP contribution in [0, 0.1) is 0 Å². The number of rotatable bonds is 33. The molecule has 0 aromatic heterocycles. The molecule has 0 aromatic carbocycles. The minimum atomic E-state index is -4.52. The molecule has 0 fully saturated rings. The largest absolute Gasteiger partial charge is 0.472 e. The molecule has 9 nitrogen and oxygen atoms in total. The lowest BCUT2D eigenvalue weighted by Crippen LogP contribution is -2.29. The van der Waals surface area contributed by atoms with Gasteiger partial charge in [0.1, 0.15) is 12.2 Å². The molecule has 3 unspecified atom stereocenters. The van der Waals surface area contributed by atoms with Gasteiger partial charge in [-0.2, -0.15) is 0 Å². The number of carbonyl (C=O) groups is 1.